The van der Waals surface area contributed by atoms with Crippen LogP contribution in [0.3, 0.4) is 0 Å². The molecule has 222 valence electrons. The second-order valence-electron chi connectivity index (χ2n) is 11.2. The zero-order valence-corrected chi connectivity index (χ0v) is 24.2. The summed E-state index contributed by atoms with van der Waals surface area (Å²) in [7, 11) is 0. The van der Waals surface area contributed by atoms with Gasteiger partial charge in [-0.3, -0.25) is 29.6 Å². The molecule has 0 aliphatic heterocycles. The highest BCUT2D eigenvalue weighted by Crippen LogP contribution is 2.32. The number of pyridine rings is 2. The number of nitrogens with zero attached hydrogens (tertiary/aromatic N) is 2. The number of hydrogen-bond acceptors (Lipinski definition) is 7. The van der Waals surface area contributed by atoms with Crippen molar-refractivity contribution in [1.29, 1.82) is 0 Å². The molecule has 4 aromatic rings. The Morgan fingerprint density at radius 2 is 1.72 bits per heavy atom. The van der Waals surface area contributed by atoms with Gasteiger partial charge in [0.2, 0.25) is 5.91 Å². The Morgan fingerprint density at radius 1 is 0.977 bits per heavy atom. The van der Waals surface area contributed by atoms with Gasteiger partial charge >= 0.3 is 0 Å². The molecule has 2 heterocycles. The molecule has 0 bridgehead atoms. The molecular formula is C33H35N5O5. The van der Waals surface area contributed by atoms with Crippen LogP contribution in [0.2, 0.25) is 0 Å². The number of hydrogen-bond donors (Lipinski definition) is 4. The number of rotatable bonds is 9. The maximum Gasteiger partial charge on any atom is 0.270 e. The van der Waals surface area contributed by atoms with Crippen LogP contribution < -0.4 is 20.9 Å². The van der Waals surface area contributed by atoms with E-state index in [2.05, 4.69) is 20.6 Å². The van der Waals surface area contributed by atoms with Crippen LogP contribution in [0.5, 0.6) is 5.75 Å². The zero-order valence-electron chi connectivity index (χ0n) is 24.2. The number of benzene rings is 2. The molecule has 0 unspecified atom stereocenters. The van der Waals surface area contributed by atoms with Crippen LogP contribution in [-0.4, -0.2) is 44.5 Å². The normalized spacial score (nSPS) is 18.1. The molecule has 1 fully saturated rings. The molecule has 43 heavy (non-hydrogen) atoms. The SMILES string of the molecule is Cc1ccnc(C(=O)NC2CCC(CC(=O)NO)(NC(=O)c3ccc(OCc4cc(C)nc5ccccc45)cc3)CC2)c1. The molecule has 0 atom stereocenters. The number of carbonyl (C=O) groups excluding carboxylic acids is 3. The van der Waals surface area contributed by atoms with Gasteiger partial charge in [0.15, 0.2) is 0 Å². The molecule has 3 amide bonds. The van der Waals surface area contributed by atoms with E-state index < -0.39 is 11.4 Å². The fraction of sp³-hybridized carbons (Fsp3) is 0.303. The van der Waals surface area contributed by atoms with Gasteiger partial charge in [0, 0.05) is 40.0 Å². The van der Waals surface area contributed by atoms with E-state index >= 15 is 0 Å². The third-order valence-electron chi connectivity index (χ3n) is 7.87. The third-order valence-corrected chi connectivity index (χ3v) is 7.87. The maximum atomic E-state index is 13.3. The lowest BCUT2D eigenvalue weighted by molar-refractivity contribution is -0.131. The van der Waals surface area contributed by atoms with E-state index in [-0.39, 0.29) is 24.3 Å². The minimum Gasteiger partial charge on any atom is -0.489 e. The number of nitrogens with one attached hydrogen (secondary N) is 3. The first-order valence-corrected chi connectivity index (χ1v) is 14.3. The van der Waals surface area contributed by atoms with Crippen molar-refractivity contribution in [3.8, 4) is 5.75 Å². The third kappa shape index (κ3) is 7.34. The van der Waals surface area contributed by atoms with Crippen molar-refractivity contribution in [1.82, 2.24) is 26.1 Å². The lowest BCUT2D eigenvalue weighted by Crippen LogP contribution is -2.55. The van der Waals surface area contributed by atoms with E-state index in [0.29, 0.717) is 49.3 Å². The number of hydroxylamine groups is 1. The van der Waals surface area contributed by atoms with Crippen LogP contribution in [0.1, 0.15) is 69.8 Å². The quantitative estimate of drug-likeness (QED) is 0.168. The predicted octanol–water partition coefficient (Wildman–Crippen LogP) is 4.56. The van der Waals surface area contributed by atoms with Gasteiger partial charge in [-0.15, -0.1) is 0 Å². The van der Waals surface area contributed by atoms with Gasteiger partial charge in [-0.1, -0.05) is 18.2 Å². The number of aryl methyl sites for hydroxylation is 2. The van der Waals surface area contributed by atoms with Crippen LogP contribution in [0.4, 0.5) is 0 Å². The van der Waals surface area contributed by atoms with Gasteiger partial charge in [-0.05, 0) is 93.6 Å². The summed E-state index contributed by atoms with van der Waals surface area (Å²) in [5.41, 5.74) is 5.37. The number of carbonyl (C=O) groups is 3. The van der Waals surface area contributed by atoms with Gasteiger partial charge in [-0.2, -0.15) is 0 Å². The lowest BCUT2D eigenvalue weighted by atomic mass is 9.76. The van der Waals surface area contributed by atoms with Gasteiger partial charge in [0.25, 0.3) is 11.8 Å². The summed E-state index contributed by atoms with van der Waals surface area (Å²) < 4.78 is 6.03. The van der Waals surface area contributed by atoms with Gasteiger partial charge < -0.3 is 15.4 Å². The number of amides is 3. The second-order valence-corrected chi connectivity index (χ2v) is 11.2. The number of fused-ring (bicyclic) bond motifs is 1. The molecule has 10 nitrogen and oxygen atoms in total. The summed E-state index contributed by atoms with van der Waals surface area (Å²) in [5.74, 6) is -0.564. The maximum absolute atomic E-state index is 13.3. The fourth-order valence-electron chi connectivity index (χ4n) is 5.62. The minimum absolute atomic E-state index is 0.0875. The van der Waals surface area contributed by atoms with Crippen molar-refractivity contribution in [3.63, 3.8) is 0 Å². The van der Waals surface area contributed by atoms with Gasteiger partial charge in [-0.25, -0.2) is 5.48 Å². The molecule has 4 N–H and O–H groups in total. The predicted molar refractivity (Wildman–Crippen MR) is 161 cm³/mol. The van der Waals surface area contributed by atoms with E-state index in [1.54, 1.807) is 42.0 Å². The molecule has 10 heteroatoms. The standard InChI is InChI=1S/C33H35N5O5/c1-21-13-16-34-29(17-21)32(41)36-25-11-14-33(15-12-25,19-30(39)38-42)37-31(40)23-7-9-26(10-8-23)43-20-24-18-22(2)35-28-6-4-3-5-27(24)28/h3-10,13,16-18,25,42H,11-12,14-15,19-20H2,1-2H3,(H,36,41)(H,37,40)(H,38,39). The summed E-state index contributed by atoms with van der Waals surface area (Å²) in [6, 6.07) is 20.2. The molecule has 1 aliphatic rings. The summed E-state index contributed by atoms with van der Waals surface area (Å²) >= 11 is 0. The summed E-state index contributed by atoms with van der Waals surface area (Å²) in [5, 5.41) is 16.3. The van der Waals surface area contributed by atoms with E-state index in [0.717, 1.165) is 27.7 Å². The highest BCUT2D eigenvalue weighted by molar-refractivity contribution is 5.95. The monoisotopic (exact) mass is 581 g/mol. The lowest BCUT2D eigenvalue weighted by Gasteiger charge is -2.40. The molecule has 2 aromatic carbocycles. The summed E-state index contributed by atoms with van der Waals surface area (Å²) in [6.07, 6.45) is 3.49. The van der Waals surface area contributed by atoms with Crippen molar-refractivity contribution in [3.05, 3.63) is 101 Å². The Hall–Kier alpha value is -4.83. The van der Waals surface area contributed by atoms with Crippen LogP contribution in [-0.2, 0) is 11.4 Å². The number of ether oxygens (including phenoxy) is 1. The van der Waals surface area contributed by atoms with Crippen LogP contribution in [0.25, 0.3) is 10.9 Å². The fourth-order valence-corrected chi connectivity index (χ4v) is 5.62. The van der Waals surface area contributed by atoms with Crippen molar-refractivity contribution in [2.24, 2.45) is 0 Å². The minimum atomic E-state index is -0.873. The van der Waals surface area contributed by atoms with Crippen LogP contribution in [0, 0.1) is 13.8 Å². The molecule has 0 radical (unpaired) electrons. The molecule has 1 aliphatic carbocycles. The topological polar surface area (TPSA) is 143 Å². The first-order chi connectivity index (χ1) is 20.7. The number of aromatic nitrogens is 2. The van der Waals surface area contributed by atoms with Crippen LogP contribution >= 0.6 is 0 Å². The zero-order chi connectivity index (χ0) is 30.4. The Kier molecular flexibility index (Phi) is 8.96. The van der Waals surface area contributed by atoms with Gasteiger partial charge in [0.1, 0.15) is 18.1 Å². The van der Waals surface area contributed by atoms with Crippen molar-refractivity contribution in [2.75, 3.05) is 0 Å². The highest BCUT2D eigenvalue weighted by Gasteiger charge is 2.39. The molecule has 5 rings (SSSR count). The van der Waals surface area contributed by atoms with Gasteiger partial charge in [0.05, 0.1) is 11.9 Å². The second kappa shape index (κ2) is 13.0. The van der Waals surface area contributed by atoms with E-state index in [9.17, 15) is 19.6 Å². The van der Waals surface area contributed by atoms with Crippen molar-refractivity contribution < 1.29 is 24.3 Å². The molecule has 2 aromatic heterocycles. The van der Waals surface area contributed by atoms with Crippen molar-refractivity contribution in [2.45, 2.75) is 64.1 Å². The Bertz CT molecular complexity index is 1630. The molecule has 1 saturated carbocycles. The Labute approximate surface area is 249 Å². The average Bonchev–Trinajstić information content (AvgIpc) is 3.01. The first-order valence-electron chi connectivity index (χ1n) is 14.3. The smallest absolute Gasteiger partial charge is 0.270 e. The average molecular weight is 582 g/mol. The highest BCUT2D eigenvalue weighted by atomic mass is 16.5. The number of para-hydroxylation sites is 1. The molecular weight excluding hydrogens is 546 g/mol. The van der Waals surface area contributed by atoms with Crippen molar-refractivity contribution >= 4 is 28.6 Å². The summed E-state index contributed by atoms with van der Waals surface area (Å²) in [4.78, 5) is 46.9. The largest absolute Gasteiger partial charge is 0.489 e. The first kappa shape index (κ1) is 29.7. The molecule has 0 spiro atoms. The van der Waals surface area contributed by atoms with Crippen LogP contribution in [0.15, 0.2) is 72.9 Å². The van der Waals surface area contributed by atoms with E-state index in [1.807, 2.05) is 50.2 Å². The summed E-state index contributed by atoms with van der Waals surface area (Å²) in [6.45, 7) is 4.20. The Morgan fingerprint density at radius 3 is 2.44 bits per heavy atom. The van der Waals surface area contributed by atoms with E-state index in [4.69, 9.17) is 4.74 Å². The molecule has 0 saturated heterocycles. The Balaban J connectivity index is 1.21. The van der Waals surface area contributed by atoms with E-state index in [1.165, 1.54) is 0 Å².